The standard InChI is InChI=1S/C21H15N7OS2/c29-19-18(16-8-4-5-9-17(16)23-19)24-25-20-26-27-21(30)28(20)22-11-15-10-14(12-31-15)13-6-2-1-3-7-13/h1-12,23,29H,(H,27,30)/b22-11+,25-24?. The van der Waals surface area contributed by atoms with Crippen LogP contribution in [-0.4, -0.2) is 31.2 Å². The van der Waals surface area contributed by atoms with Gasteiger partial charge in [0.25, 0.3) is 5.95 Å². The Morgan fingerprint density at radius 2 is 1.84 bits per heavy atom. The van der Waals surface area contributed by atoms with Crippen molar-refractivity contribution in [3.8, 4) is 17.0 Å². The van der Waals surface area contributed by atoms with Crippen LogP contribution >= 0.6 is 23.6 Å². The predicted molar refractivity (Wildman–Crippen MR) is 124 cm³/mol. The second-order valence-electron chi connectivity index (χ2n) is 6.56. The summed E-state index contributed by atoms with van der Waals surface area (Å²) in [5.74, 6) is 0.104. The van der Waals surface area contributed by atoms with Gasteiger partial charge < -0.3 is 10.1 Å². The number of hydrogen-bond acceptors (Lipinski definition) is 7. The molecule has 31 heavy (non-hydrogen) atoms. The van der Waals surface area contributed by atoms with Gasteiger partial charge in [0.1, 0.15) is 0 Å². The van der Waals surface area contributed by atoms with Crippen molar-refractivity contribution >= 4 is 52.3 Å². The van der Waals surface area contributed by atoms with Gasteiger partial charge in [0.2, 0.25) is 10.7 Å². The van der Waals surface area contributed by atoms with E-state index >= 15 is 0 Å². The lowest BCUT2D eigenvalue weighted by molar-refractivity contribution is 0.459. The topological polar surface area (TPSA) is 107 Å². The van der Waals surface area contributed by atoms with Gasteiger partial charge >= 0.3 is 0 Å². The molecule has 0 spiro atoms. The molecule has 10 heteroatoms. The summed E-state index contributed by atoms with van der Waals surface area (Å²) in [4.78, 5) is 3.82. The zero-order chi connectivity index (χ0) is 21.2. The fourth-order valence-electron chi connectivity index (χ4n) is 3.08. The van der Waals surface area contributed by atoms with Crippen LogP contribution in [0.3, 0.4) is 0 Å². The number of aromatic nitrogens is 4. The minimum absolute atomic E-state index is 0.0684. The number of para-hydroxylation sites is 1. The van der Waals surface area contributed by atoms with Crippen molar-refractivity contribution in [2.24, 2.45) is 15.3 Å². The summed E-state index contributed by atoms with van der Waals surface area (Å²) in [6, 6.07) is 19.6. The number of nitrogens with zero attached hydrogens (tertiary/aromatic N) is 5. The van der Waals surface area contributed by atoms with E-state index in [2.05, 4.69) is 54.1 Å². The Morgan fingerprint density at radius 1 is 1.03 bits per heavy atom. The van der Waals surface area contributed by atoms with Gasteiger partial charge in [0.15, 0.2) is 5.69 Å². The van der Waals surface area contributed by atoms with Gasteiger partial charge in [-0.15, -0.1) is 26.7 Å². The van der Waals surface area contributed by atoms with Crippen molar-refractivity contribution in [2.75, 3.05) is 0 Å². The molecule has 0 unspecified atom stereocenters. The van der Waals surface area contributed by atoms with Crippen molar-refractivity contribution in [3.05, 3.63) is 75.7 Å². The lowest BCUT2D eigenvalue weighted by atomic mass is 10.1. The molecule has 2 aromatic carbocycles. The number of azo groups is 1. The Labute approximate surface area is 185 Å². The SMILES string of the molecule is Oc1[nH]c2ccccc2c1N=Nc1n[nH]c(=S)n1/N=C/c1cc(-c2ccccc2)cs1. The molecule has 3 heterocycles. The Morgan fingerprint density at radius 3 is 2.71 bits per heavy atom. The molecule has 3 N–H and O–H groups in total. The number of H-pyrrole nitrogens is 2. The van der Waals surface area contributed by atoms with Crippen LogP contribution in [0.2, 0.25) is 0 Å². The number of nitrogens with one attached hydrogen (secondary N) is 2. The van der Waals surface area contributed by atoms with Gasteiger partial charge in [-0.3, -0.25) is 0 Å². The number of hydrogen-bond donors (Lipinski definition) is 3. The largest absolute Gasteiger partial charge is 0.493 e. The van der Waals surface area contributed by atoms with E-state index in [0.717, 1.165) is 26.9 Å². The van der Waals surface area contributed by atoms with Crippen LogP contribution in [0, 0.1) is 4.77 Å². The summed E-state index contributed by atoms with van der Waals surface area (Å²) < 4.78 is 1.67. The van der Waals surface area contributed by atoms with E-state index in [9.17, 15) is 5.11 Å². The third-order valence-corrected chi connectivity index (χ3v) is 5.69. The first-order valence-electron chi connectivity index (χ1n) is 9.26. The highest BCUT2D eigenvalue weighted by atomic mass is 32.1. The molecule has 0 amide bonds. The third kappa shape index (κ3) is 3.81. The highest BCUT2D eigenvalue weighted by Crippen LogP contribution is 2.35. The molecule has 8 nitrogen and oxygen atoms in total. The first-order valence-corrected chi connectivity index (χ1v) is 10.5. The van der Waals surface area contributed by atoms with E-state index in [-0.39, 0.29) is 16.6 Å². The van der Waals surface area contributed by atoms with Crippen LogP contribution in [0.15, 0.2) is 81.4 Å². The summed E-state index contributed by atoms with van der Waals surface area (Å²) in [7, 11) is 0. The molecule has 0 saturated heterocycles. The van der Waals surface area contributed by atoms with Gasteiger partial charge in [-0.05, 0) is 40.9 Å². The van der Waals surface area contributed by atoms with Gasteiger partial charge in [0.05, 0.1) is 11.7 Å². The highest BCUT2D eigenvalue weighted by molar-refractivity contribution is 7.71. The predicted octanol–water partition coefficient (Wildman–Crippen LogP) is 6.15. The molecule has 0 aliphatic heterocycles. The van der Waals surface area contributed by atoms with Crippen molar-refractivity contribution in [2.45, 2.75) is 0 Å². The molecular weight excluding hydrogens is 430 g/mol. The molecule has 5 rings (SSSR count). The summed E-state index contributed by atoms with van der Waals surface area (Å²) in [5.41, 5.74) is 3.35. The molecule has 0 aliphatic carbocycles. The zero-order valence-electron chi connectivity index (χ0n) is 15.9. The molecule has 152 valence electrons. The fourth-order valence-corrected chi connectivity index (χ4v) is 4.02. The number of aromatic amines is 2. The van der Waals surface area contributed by atoms with Crippen LogP contribution in [0.5, 0.6) is 5.88 Å². The first-order chi connectivity index (χ1) is 15.2. The van der Waals surface area contributed by atoms with Gasteiger partial charge in [-0.2, -0.15) is 9.78 Å². The quantitative estimate of drug-likeness (QED) is 0.171. The van der Waals surface area contributed by atoms with Crippen molar-refractivity contribution in [1.29, 1.82) is 0 Å². The highest BCUT2D eigenvalue weighted by Gasteiger charge is 2.11. The molecule has 5 aromatic rings. The second-order valence-corrected chi connectivity index (χ2v) is 7.89. The lowest BCUT2D eigenvalue weighted by Crippen LogP contribution is -1.89. The Bertz CT molecular complexity index is 1470. The monoisotopic (exact) mass is 445 g/mol. The number of aromatic hydroxyl groups is 1. The minimum atomic E-state index is -0.0684. The normalized spacial score (nSPS) is 11.9. The molecule has 0 saturated carbocycles. The third-order valence-electron chi connectivity index (χ3n) is 4.56. The van der Waals surface area contributed by atoms with Crippen molar-refractivity contribution < 1.29 is 5.11 Å². The van der Waals surface area contributed by atoms with E-state index in [1.807, 2.05) is 42.5 Å². The maximum atomic E-state index is 10.1. The molecule has 0 bridgehead atoms. The molecule has 0 aliphatic rings. The van der Waals surface area contributed by atoms with Crippen LogP contribution in [0.1, 0.15) is 4.88 Å². The fraction of sp³-hybridized carbons (Fsp3) is 0. The van der Waals surface area contributed by atoms with E-state index in [1.165, 1.54) is 4.68 Å². The molecule has 3 aromatic heterocycles. The van der Waals surface area contributed by atoms with Crippen LogP contribution < -0.4 is 0 Å². The number of thiophene rings is 1. The maximum Gasteiger partial charge on any atom is 0.289 e. The number of rotatable bonds is 5. The van der Waals surface area contributed by atoms with Crippen LogP contribution in [-0.2, 0) is 0 Å². The number of benzene rings is 2. The van der Waals surface area contributed by atoms with E-state index < -0.39 is 0 Å². The summed E-state index contributed by atoms with van der Waals surface area (Å²) >= 11 is 6.84. The lowest BCUT2D eigenvalue weighted by Gasteiger charge is -1.95. The van der Waals surface area contributed by atoms with Crippen molar-refractivity contribution in [1.82, 2.24) is 19.9 Å². The summed E-state index contributed by atoms with van der Waals surface area (Å²) in [6.07, 6.45) is 1.70. The maximum absolute atomic E-state index is 10.1. The van der Waals surface area contributed by atoms with Gasteiger partial charge in [-0.1, -0.05) is 48.5 Å². The summed E-state index contributed by atoms with van der Waals surface area (Å²) in [6.45, 7) is 0. The van der Waals surface area contributed by atoms with E-state index in [4.69, 9.17) is 12.2 Å². The smallest absolute Gasteiger partial charge is 0.289 e. The van der Waals surface area contributed by atoms with Crippen molar-refractivity contribution in [3.63, 3.8) is 0 Å². The number of fused-ring (bicyclic) bond motifs is 1. The van der Waals surface area contributed by atoms with Crippen LogP contribution in [0.25, 0.3) is 22.0 Å². The average Bonchev–Trinajstić information content (AvgIpc) is 3.48. The second kappa shape index (κ2) is 8.09. The molecule has 0 fully saturated rings. The Balaban J connectivity index is 1.43. The Kier molecular flexibility index (Phi) is 4.98. The summed E-state index contributed by atoms with van der Waals surface area (Å²) in [5, 5.41) is 32.4. The molecule has 0 atom stereocenters. The zero-order valence-corrected chi connectivity index (χ0v) is 17.6. The minimum Gasteiger partial charge on any atom is -0.493 e. The van der Waals surface area contributed by atoms with Gasteiger partial charge in [0, 0.05) is 10.3 Å². The molecule has 0 radical (unpaired) electrons. The van der Waals surface area contributed by atoms with Crippen LogP contribution in [0.4, 0.5) is 11.6 Å². The van der Waals surface area contributed by atoms with E-state index in [1.54, 1.807) is 17.6 Å². The van der Waals surface area contributed by atoms with E-state index in [0.29, 0.717) is 5.69 Å². The first kappa shape index (κ1) is 19.1. The molecular formula is C21H15N7OS2. The Hall–Kier alpha value is -3.89. The van der Waals surface area contributed by atoms with Gasteiger partial charge in [-0.25, -0.2) is 5.10 Å². The average molecular weight is 446 g/mol.